The molecule has 0 unspecified atom stereocenters. The van der Waals surface area contributed by atoms with E-state index in [0.717, 1.165) is 39.7 Å². The molecule has 4 aromatic rings. The molecule has 0 aliphatic rings. The zero-order valence-corrected chi connectivity index (χ0v) is 15.7. The van der Waals surface area contributed by atoms with E-state index < -0.39 is 0 Å². The lowest BCUT2D eigenvalue weighted by Crippen LogP contribution is -2.37. The molecule has 6 heteroatoms. The summed E-state index contributed by atoms with van der Waals surface area (Å²) in [5.41, 5.74) is 4.18. The van der Waals surface area contributed by atoms with Gasteiger partial charge in [0.25, 0.3) is 0 Å². The first-order valence-electron chi connectivity index (χ1n) is 9.27. The number of aromatic nitrogens is 2. The van der Waals surface area contributed by atoms with Gasteiger partial charge in [0, 0.05) is 48.8 Å². The molecule has 5 nitrogen and oxygen atoms in total. The zero-order chi connectivity index (χ0) is 19.3. The Morgan fingerprint density at radius 3 is 2.86 bits per heavy atom. The van der Waals surface area contributed by atoms with Crippen LogP contribution in [0.3, 0.4) is 0 Å². The number of pyridine rings is 1. The van der Waals surface area contributed by atoms with Crippen LogP contribution in [-0.2, 0) is 13.0 Å². The summed E-state index contributed by atoms with van der Waals surface area (Å²) in [6.07, 6.45) is 4.53. The summed E-state index contributed by atoms with van der Waals surface area (Å²) in [5, 5.41) is 8.73. The maximum Gasteiger partial charge on any atom is 0.191 e. The Labute approximate surface area is 162 Å². The predicted molar refractivity (Wildman–Crippen MR) is 112 cm³/mol. The van der Waals surface area contributed by atoms with Gasteiger partial charge in [-0.15, -0.1) is 0 Å². The van der Waals surface area contributed by atoms with Crippen molar-refractivity contribution in [3.63, 3.8) is 0 Å². The number of aliphatic imine (C=N–C) groups is 1. The largest absolute Gasteiger partial charge is 0.361 e. The monoisotopic (exact) mass is 375 g/mol. The van der Waals surface area contributed by atoms with Gasteiger partial charge in [-0.25, -0.2) is 4.39 Å². The summed E-state index contributed by atoms with van der Waals surface area (Å²) in [6.45, 7) is 1.35. The lowest BCUT2D eigenvalue weighted by molar-refractivity contribution is 0.629. The molecule has 2 aromatic carbocycles. The highest BCUT2D eigenvalue weighted by atomic mass is 19.1. The number of fused-ring (bicyclic) bond motifs is 2. The molecular weight excluding hydrogens is 353 g/mol. The summed E-state index contributed by atoms with van der Waals surface area (Å²) >= 11 is 0. The maximum atomic E-state index is 13.5. The van der Waals surface area contributed by atoms with E-state index in [1.165, 1.54) is 11.6 Å². The smallest absolute Gasteiger partial charge is 0.191 e. The van der Waals surface area contributed by atoms with Crippen molar-refractivity contribution in [3.05, 3.63) is 77.9 Å². The van der Waals surface area contributed by atoms with Crippen molar-refractivity contribution in [3.8, 4) is 0 Å². The first kappa shape index (κ1) is 18.0. The second-order valence-electron chi connectivity index (χ2n) is 6.59. The van der Waals surface area contributed by atoms with Crippen molar-refractivity contribution in [2.24, 2.45) is 4.99 Å². The molecular formula is C22H22FN5. The highest BCUT2D eigenvalue weighted by molar-refractivity contribution is 5.84. The van der Waals surface area contributed by atoms with Crippen LogP contribution in [0.5, 0.6) is 0 Å². The van der Waals surface area contributed by atoms with E-state index in [-0.39, 0.29) is 5.82 Å². The average Bonchev–Trinajstić information content (AvgIpc) is 3.12. The first-order valence-corrected chi connectivity index (χ1v) is 9.27. The first-order chi connectivity index (χ1) is 13.7. The van der Waals surface area contributed by atoms with Crippen LogP contribution >= 0.6 is 0 Å². The third kappa shape index (κ3) is 3.81. The van der Waals surface area contributed by atoms with Gasteiger partial charge in [-0.05, 0) is 47.9 Å². The molecule has 2 heterocycles. The van der Waals surface area contributed by atoms with Crippen LogP contribution in [0.4, 0.5) is 4.39 Å². The number of hydrogen-bond donors (Lipinski definition) is 3. The molecule has 4 rings (SSSR count). The van der Waals surface area contributed by atoms with Gasteiger partial charge in [-0.1, -0.05) is 18.2 Å². The molecule has 0 saturated carbocycles. The summed E-state index contributed by atoms with van der Waals surface area (Å²) in [7, 11) is 1.75. The van der Waals surface area contributed by atoms with E-state index >= 15 is 0 Å². The Morgan fingerprint density at radius 2 is 1.96 bits per heavy atom. The number of benzene rings is 2. The van der Waals surface area contributed by atoms with Crippen molar-refractivity contribution >= 4 is 27.8 Å². The molecule has 0 bridgehead atoms. The van der Waals surface area contributed by atoms with Crippen LogP contribution in [0, 0.1) is 5.82 Å². The average molecular weight is 375 g/mol. The van der Waals surface area contributed by atoms with E-state index in [0.29, 0.717) is 13.1 Å². The molecule has 0 aliphatic carbocycles. The van der Waals surface area contributed by atoms with Gasteiger partial charge in [0.2, 0.25) is 0 Å². The third-order valence-corrected chi connectivity index (χ3v) is 4.83. The molecule has 0 saturated heterocycles. The summed E-state index contributed by atoms with van der Waals surface area (Å²) < 4.78 is 13.5. The number of rotatable bonds is 5. The SMILES string of the molecule is CN=C(NCCc1c[nH]c2ccc(F)cc12)NCc1ccnc2ccccc12. The molecule has 142 valence electrons. The van der Waals surface area contributed by atoms with Gasteiger partial charge < -0.3 is 15.6 Å². The van der Waals surface area contributed by atoms with Gasteiger partial charge in [-0.3, -0.25) is 9.98 Å². The number of aromatic amines is 1. The topological polar surface area (TPSA) is 65.1 Å². The number of para-hydroxylation sites is 1. The van der Waals surface area contributed by atoms with Gasteiger partial charge in [-0.2, -0.15) is 0 Å². The fraction of sp³-hybridized carbons (Fsp3) is 0.182. The van der Waals surface area contributed by atoms with Crippen molar-refractivity contribution in [2.75, 3.05) is 13.6 Å². The normalized spacial score (nSPS) is 11.9. The minimum absolute atomic E-state index is 0.219. The molecule has 3 N–H and O–H groups in total. The second-order valence-corrected chi connectivity index (χ2v) is 6.59. The molecule has 0 aliphatic heterocycles. The van der Waals surface area contributed by atoms with E-state index in [1.54, 1.807) is 19.2 Å². The highest BCUT2D eigenvalue weighted by Crippen LogP contribution is 2.19. The Hall–Kier alpha value is -3.41. The van der Waals surface area contributed by atoms with Crippen molar-refractivity contribution < 1.29 is 4.39 Å². The Bertz CT molecular complexity index is 1130. The van der Waals surface area contributed by atoms with Crippen molar-refractivity contribution in [1.82, 2.24) is 20.6 Å². The number of H-pyrrole nitrogens is 1. The number of nitrogens with zero attached hydrogens (tertiary/aromatic N) is 2. The molecule has 2 aromatic heterocycles. The lowest BCUT2D eigenvalue weighted by Gasteiger charge is -2.13. The Kier molecular flexibility index (Phi) is 5.19. The minimum atomic E-state index is -0.219. The highest BCUT2D eigenvalue weighted by Gasteiger charge is 2.06. The molecule has 28 heavy (non-hydrogen) atoms. The third-order valence-electron chi connectivity index (χ3n) is 4.83. The van der Waals surface area contributed by atoms with Crippen molar-refractivity contribution in [2.45, 2.75) is 13.0 Å². The molecule has 0 atom stereocenters. The molecule has 0 amide bonds. The van der Waals surface area contributed by atoms with E-state index in [1.807, 2.05) is 36.7 Å². The fourth-order valence-electron chi connectivity index (χ4n) is 3.38. The second kappa shape index (κ2) is 8.08. The van der Waals surface area contributed by atoms with Crippen LogP contribution < -0.4 is 10.6 Å². The van der Waals surface area contributed by atoms with E-state index in [2.05, 4.69) is 31.7 Å². The van der Waals surface area contributed by atoms with Crippen LogP contribution in [0.2, 0.25) is 0 Å². The van der Waals surface area contributed by atoms with E-state index in [4.69, 9.17) is 0 Å². The quantitative estimate of drug-likeness (QED) is 0.368. The van der Waals surface area contributed by atoms with Crippen LogP contribution in [0.15, 0.2) is 65.9 Å². The summed E-state index contributed by atoms with van der Waals surface area (Å²) in [5.74, 6) is 0.510. The van der Waals surface area contributed by atoms with E-state index in [9.17, 15) is 4.39 Å². The molecule has 0 spiro atoms. The number of hydrogen-bond acceptors (Lipinski definition) is 2. The maximum absolute atomic E-state index is 13.5. The van der Waals surface area contributed by atoms with Gasteiger partial charge >= 0.3 is 0 Å². The van der Waals surface area contributed by atoms with Crippen molar-refractivity contribution in [1.29, 1.82) is 0 Å². The van der Waals surface area contributed by atoms with Gasteiger partial charge in [0.05, 0.1) is 5.52 Å². The number of guanidine groups is 1. The number of nitrogens with one attached hydrogen (secondary N) is 3. The van der Waals surface area contributed by atoms with Gasteiger partial charge in [0.1, 0.15) is 5.82 Å². The van der Waals surface area contributed by atoms with Crippen LogP contribution in [0.25, 0.3) is 21.8 Å². The Morgan fingerprint density at radius 1 is 1.07 bits per heavy atom. The predicted octanol–water partition coefficient (Wildman–Crippen LogP) is 3.76. The van der Waals surface area contributed by atoms with Crippen LogP contribution in [-0.4, -0.2) is 29.5 Å². The summed E-state index contributed by atoms with van der Waals surface area (Å²) in [6, 6.07) is 14.9. The molecule has 0 fully saturated rings. The lowest BCUT2D eigenvalue weighted by atomic mass is 10.1. The Balaban J connectivity index is 1.36. The van der Waals surface area contributed by atoms with Crippen LogP contribution in [0.1, 0.15) is 11.1 Å². The number of halogens is 1. The zero-order valence-electron chi connectivity index (χ0n) is 15.7. The fourth-order valence-corrected chi connectivity index (χ4v) is 3.38. The minimum Gasteiger partial charge on any atom is -0.361 e. The summed E-state index contributed by atoms with van der Waals surface area (Å²) in [4.78, 5) is 11.9. The molecule has 0 radical (unpaired) electrons. The standard InChI is InChI=1S/C22H22FN5/c1-24-22(28-14-15-8-10-25-20-5-3-2-4-18(15)20)26-11-9-16-13-27-21-7-6-17(23)12-19(16)21/h2-8,10,12-13,27H,9,11,14H2,1H3,(H2,24,26,28). The van der Waals surface area contributed by atoms with Gasteiger partial charge in [0.15, 0.2) is 5.96 Å².